The Balaban J connectivity index is -0.0000000832. The number of carbonyl (C=O) groups excluding carboxylic acids is 8. The summed E-state index contributed by atoms with van der Waals surface area (Å²) < 4.78 is 34.9. The minimum atomic E-state index is -0.745. The smallest absolute Gasteiger partial charge is 0.481 e. The summed E-state index contributed by atoms with van der Waals surface area (Å²) >= 11 is 6.23. The summed E-state index contributed by atoms with van der Waals surface area (Å²) in [7, 11) is 2.73. The first-order valence-electron chi connectivity index (χ1n) is 20.8. The number of carboxylic acids is 1. The summed E-state index contributed by atoms with van der Waals surface area (Å²) in [6.07, 6.45) is 4.50. The summed E-state index contributed by atoms with van der Waals surface area (Å²) in [4.78, 5) is 97.2. The van der Waals surface area contributed by atoms with E-state index in [1.54, 1.807) is 27.7 Å². The van der Waals surface area contributed by atoms with Crippen LogP contribution in [0.25, 0.3) is 0 Å². The number of methoxy groups -OCH3 is 2. The molecule has 0 atom stereocenters. The molecule has 1 aliphatic heterocycles. The van der Waals surface area contributed by atoms with Crippen molar-refractivity contribution in [3.8, 4) is 0 Å². The standard InChI is InChI=1S/C10H21NO3.C7H9NO4.C7H17NO2.C6H11NO2.C4H8O2.C3H5BrO2.C3H6O2.CH4.HNS/c1-4-9(12)11-8-7-10(13-5-2)14-6-3;1-2-7(11)12-8-5(9)3-4-6(8)10;1-3-9-7(5-6-8)10-4-2;1-2-6(9)7-4-3-5-8;1-3-4(5)6-2;1-6-3(5)2-4;1-2-3(4)5;;1-2/h10H,4-8H2,1-3H3,(H,11,12);2-4H2,1H3;7H,3-6,8H2,1-2H3;5H,2-4H2,1H3,(H,7,9);3H2,1-2H3;2H2,1H3;2H2,1H3,(H,4,5);1H4;1H/p+1. The lowest BCUT2D eigenvalue weighted by atomic mass is 10.4. The summed E-state index contributed by atoms with van der Waals surface area (Å²) in [6.45, 7) is 20.6. The van der Waals surface area contributed by atoms with Gasteiger partial charge in [-0.05, 0) is 34.2 Å². The Morgan fingerprint density at radius 3 is 1.32 bits per heavy atom. The molecule has 0 radical (unpaired) electrons. The van der Waals surface area contributed by atoms with Gasteiger partial charge in [0.1, 0.15) is 11.6 Å². The third-order valence-corrected chi connectivity index (χ3v) is 6.84. The molecule has 0 aromatic rings. The van der Waals surface area contributed by atoms with Crippen LogP contribution >= 0.6 is 15.9 Å². The molecule has 0 spiro atoms. The van der Waals surface area contributed by atoms with Crippen LogP contribution in [0.5, 0.6) is 0 Å². The zero-order valence-corrected chi connectivity index (χ0v) is 42.2. The van der Waals surface area contributed by atoms with Crippen molar-refractivity contribution in [1.82, 2.24) is 15.7 Å². The lowest BCUT2D eigenvalue weighted by Gasteiger charge is -2.16. The minimum absolute atomic E-state index is 0. The van der Waals surface area contributed by atoms with E-state index in [2.05, 4.69) is 53.3 Å². The molecule has 1 fully saturated rings. The van der Waals surface area contributed by atoms with Gasteiger partial charge in [-0.15, -0.1) is 5.06 Å². The van der Waals surface area contributed by atoms with Crippen LogP contribution in [0.4, 0.5) is 0 Å². The van der Waals surface area contributed by atoms with Gasteiger partial charge in [0.25, 0.3) is 11.8 Å². The number of nitrogens with two attached hydrogens (primary N) is 1. The Labute approximate surface area is 402 Å². The van der Waals surface area contributed by atoms with E-state index < -0.39 is 23.8 Å². The molecule has 0 aromatic heterocycles. The highest BCUT2D eigenvalue weighted by Gasteiger charge is 2.32. The summed E-state index contributed by atoms with van der Waals surface area (Å²) in [5.41, 5.74) is 5.33. The number of hydroxylamine groups is 2. The Bertz CT molecular complexity index is 1140. The number of carboxylic acid groups (broad SMARTS) is 1. The second kappa shape index (κ2) is 64.2. The Hall–Kier alpha value is -4.07. The lowest BCUT2D eigenvalue weighted by Crippen LogP contribution is -2.31. The van der Waals surface area contributed by atoms with Crippen LogP contribution in [0, 0.1) is 4.78 Å². The molecule has 1 rings (SSSR count). The number of carbonyl (C=O) groups is 9. The van der Waals surface area contributed by atoms with Gasteiger partial charge in [0, 0.05) is 116 Å². The van der Waals surface area contributed by atoms with Gasteiger partial charge in [-0.1, -0.05) is 58.0 Å². The molecule has 0 bridgehead atoms. The van der Waals surface area contributed by atoms with Gasteiger partial charge in [0.15, 0.2) is 12.6 Å². The number of amides is 4. The van der Waals surface area contributed by atoms with E-state index in [-0.39, 0.29) is 76.2 Å². The molecular formula is C41H83BrN5O17S+. The Kier molecular flexibility index (Phi) is 77.2. The number of hydrogen-bond donors (Lipinski definition) is 5. The van der Waals surface area contributed by atoms with Gasteiger partial charge in [-0.25, -0.2) is 9.57 Å². The van der Waals surface area contributed by atoms with E-state index >= 15 is 0 Å². The van der Waals surface area contributed by atoms with Crippen LogP contribution in [0.1, 0.15) is 135 Å². The fourth-order valence-electron chi connectivity index (χ4n) is 3.18. The second-order valence-corrected chi connectivity index (χ2v) is 11.8. The normalized spacial score (nSPS) is 10.3. The van der Waals surface area contributed by atoms with Gasteiger partial charge >= 0.3 is 25.3 Å². The number of halogens is 1. The molecule has 1 aliphatic rings. The zero-order valence-electron chi connectivity index (χ0n) is 40.7. The van der Waals surface area contributed by atoms with Crippen LogP contribution in [0.15, 0.2) is 0 Å². The number of alkyl halides is 1. The molecule has 0 unspecified atom stereocenters. The molecule has 0 saturated carbocycles. The number of aliphatic carboxylic acids is 1. The molecule has 24 heteroatoms. The topological polar surface area (TPSA) is 316 Å². The highest BCUT2D eigenvalue weighted by molar-refractivity contribution is 9.09. The number of aldehydes is 1. The van der Waals surface area contributed by atoms with Gasteiger partial charge < -0.3 is 59.5 Å². The highest BCUT2D eigenvalue weighted by atomic mass is 79.9. The number of nitrogens with one attached hydrogen (secondary N) is 3. The minimum Gasteiger partial charge on any atom is -0.481 e. The molecule has 65 heavy (non-hydrogen) atoms. The number of imide groups is 1. The number of nitrogens with zero attached hydrogens (tertiary/aromatic N) is 1. The fraction of sp³-hybridized carbons (Fsp3) is 0.780. The van der Waals surface area contributed by atoms with Gasteiger partial charge in [-0.3, -0.25) is 33.6 Å². The van der Waals surface area contributed by atoms with Crippen LogP contribution < -0.4 is 16.4 Å². The third-order valence-electron chi connectivity index (χ3n) is 6.38. The van der Waals surface area contributed by atoms with Crippen LogP contribution in [0.2, 0.25) is 0 Å². The first-order valence-corrected chi connectivity index (χ1v) is 22.3. The van der Waals surface area contributed by atoms with E-state index in [1.165, 1.54) is 14.2 Å². The fourth-order valence-corrected chi connectivity index (χ4v) is 3.41. The first-order chi connectivity index (χ1) is 30.4. The van der Waals surface area contributed by atoms with Crippen molar-refractivity contribution in [3.63, 3.8) is 0 Å². The molecule has 1 heterocycles. The van der Waals surface area contributed by atoms with Crippen LogP contribution in [0.3, 0.4) is 0 Å². The summed E-state index contributed by atoms with van der Waals surface area (Å²) in [5.74, 6) is -2.54. The summed E-state index contributed by atoms with van der Waals surface area (Å²) in [6, 6.07) is 0. The molecule has 1 saturated heterocycles. The molecule has 0 aliphatic carbocycles. The molecule has 0 aromatic carbocycles. The van der Waals surface area contributed by atoms with Crippen LogP contribution in [-0.4, -0.2) is 142 Å². The maximum atomic E-state index is 10.9. The maximum Gasteiger partial charge on any atom is 1.00 e. The van der Waals surface area contributed by atoms with Crippen molar-refractivity contribution in [2.24, 2.45) is 5.73 Å². The molecule has 386 valence electrons. The van der Waals surface area contributed by atoms with Crippen molar-refractivity contribution in [3.05, 3.63) is 0 Å². The van der Waals surface area contributed by atoms with Crippen molar-refractivity contribution in [1.29, 1.82) is 4.78 Å². The molecule has 22 nitrogen and oxygen atoms in total. The monoisotopic (exact) mass is 1030 g/mol. The van der Waals surface area contributed by atoms with E-state index in [4.69, 9.17) is 34.6 Å². The van der Waals surface area contributed by atoms with E-state index in [0.717, 1.165) is 12.7 Å². The molecular weight excluding hydrogens is 946 g/mol. The largest absolute Gasteiger partial charge is 1.00 e. The quantitative estimate of drug-likeness (QED) is 0.0229. The van der Waals surface area contributed by atoms with E-state index in [9.17, 15) is 43.2 Å². The van der Waals surface area contributed by atoms with Crippen molar-refractivity contribution in [2.75, 3.05) is 65.6 Å². The maximum absolute atomic E-state index is 10.9. The van der Waals surface area contributed by atoms with Crippen LogP contribution in [-0.2, 0) is 88.8 Å². The van der Waals surface area contributed by atoms with Gasteiger partial charge in [0.2, 0.25) is 11.8 Å². The number of ether oxygens (including phenoxy) is 6. The van der Waals surface area contributed by atoms with Crippen molar-refractivity contribution in [2.45, 2.75) is 147 Å². The van der Waals surface area contributed by atoms with E-state index in [1.807, 2.05) is 34.6 Å². The highest BCUT2D eigenvalue weighted by Crippen LogP contribution is 2.12. The summed E-state index contributed by atoms with van der Waals surface area (Å²) in [5, 5.41) is 13.9. The molecule has 6 N–H and O–H groups in total. The first kappa shape index (κ1) is 78.1. The lowest BCUT2D eigenvalue weighted by molar-refractivity contribution is -0.197. The van der Waals surface area contributed by atoms with Gasteiger partial charge in [-0.2, -0.15) is 0 Å². The van der Waals surface area contributed by atoms with Crippen molar-refractivity contribution < 1.29 is 82.9 Å². The average molecular weight is 1030 g/mol. The Morgan fingerprint density at radius 1 is 0.708 bits per heavy atom. The predicted octanol–water partition coefficient (Wildman–Crippen LogP) is 4.79. The van der Waals surface area contributed by atoms with Gasteiger partial charge in [0.05, 0.1) is 14.2 Å². The number of hydrogen-bond acceptors (Lipinski definition) is 19. The predicted molar refractivity (Wildman–Crippen MR) is 251 cm³/mol. The second-order valence-electron chi connectivity index (χ2n) is 11.2. The molecule has 4 amide bonds. The van der Waals surface area contributed by atoms with Crippen molar-refractivity contribution >= 4 is 82.1 Å². The zero-order chi connectivity index (χ0) is 51.1. The Morgan fingerprint density at radius 2 is 1.08 bits per heavy atom. The third kappa shape index (κ3) is 66.7. The number of esters is 2. The SMILES string of the molecule is C.CCC(=O)NCCC=O.CCC(=O)O.CCC(=O)OC.CCC(=O)ON1C(=O)CCC1=O.CCOC(CCN)OCC.CCOC(CCNC(=O)CC)OCC.COC(=O)CBr.N=S.[H+]. The van der Waals surface area contributed by atoms with E-state index in [0.29, 0.717) is 83.2 Å². The number of rotatable bonds is 23. The average Bonchev–Trinajstić information content (AvgIpc) is 3.62.